The summed E-state index contributed by atoms with van der Waals surface area (Å²) in [4.78, 5) is 11.9. The van der Waals surface area contributed by atoms with Crippen LogP contribution in [0.5, 0.6) is 5.75 Å². The minimum atomic E-state index is -3.77. The van der Waals surface area contributed by atoms with E-state index in [1.807, 2.05) is 52.1 Å². The van der Waals surface area contributed by atoms with Gasteiger partial charge in [-0.15, -0.1) is 5.10 Å². The lowest BCUT2D eigenvalue weighted by Gasteiger charge is -2.23. The molecular weight excluding hydrogens is 492 g/mol. The Kier molecular flexibility index (Phi) is 7.99. The molecule has 1 aliphatic rings. The van der Waals surface area contributed by atoms with Gasteiger partial charge in [0.2, 0.25) is 10.0 Å². The summed E-state index contributed by atoms with van der Waals surface area (Å²) in [6.07, 6.45) is 2.74. The summed E-state index contributed by atoms with van der Waals surface area (Å²) < 4.78 is 36.2. The van der Waals surface area contributed by atoms with E-state index >= 15 is 0 Å². The number of para-hydroxylation sites is 1. The predicted octanol–water partition coefficient (Wildman–Crippen LogP) is 4.33. The van der Waals surface area contributed by atoms with E-state index in [1.54, 1.807) is 28.9 Å². The van der Waals surface area contributed by atoms with Gasteiger partial charge in [-0.3, -0.25) is 4.79 Å². The smallest absolute Gasteiger partial charge is 0.303 e. The quantitative estimate of drug-likeness (QED) is 0.441. The van der Waals surface area contributed by atoms with E-state index in [1.165, 1.54) is 4.31 Å². The highest BCUT2D eigenvalue weighted by Gasteiger charge is 2.33. The van der Waals surface area contributed by atoms with Crippen LogP contribution in [-0.2, 0) is 27.8 Å². The molecule has 3 aromatic rings. The number of benzene rings is 2. The van der Waals surface area contributed by atoms with Gasteiger partial charge < -0.3 is 9.84 Å². The van der Waals surface area contributed by atoms with Crippen molar-refractivity contribution in [2.24, 2.45) is 0 Å². The van der Waals surface area contributed by atoms with Crippen molar-refractivity contribution in [3.63, 3.8) is 0 Å². The number of carboxylic acid groups (broad SMARTS) is 1. The van der Waals surface area contributed by atoms with E-state index in [0.29, 0.717) is 18.6 Å². The average Bonchev–Trinajstić information content (AvgIpc) is 3.29. The highest BCUT2D eigenvalue weighted by atomic mass is 32.2. The van der Waals surface area contributed by atoms with Crippen LogP contribution in [0.4, 0.5) is 0 Å². The van der Waals surface area contributed by atoms with Gasteiger partial charge in [-0.2, -0.15) is 4.31 Å². The molecule has 0 bridgehead atoms. The third-order valence-electron chi connectivity index (χ3n) is 6.70. The Balaban J connectivity index is 1.59. The molecule has 0 saturated carbocycles. The number of carbonyl (C=O) groups is 1. The monoisotopic (exact) mass is 526 g/mol. The van der Waals surface area contributed by atoms with Gasteiger partial charge in [-0.05, 0) is 75.3 Å². The molecule has 4 rings (SSSR count). The van der Waals surface area contributed by atoms with Gasteiger partial charge in [-0.1, -0.05) is 35.5 Å². The number of aryl methyl sites for hydroxylation is 2. The summed E-state index contributed by atoms with van der Waals surface area (Å²) in [6, 6.07) is 12.7. The molecule has 2 heterocycles. The van der Waals surface area contributed by atoms with Crippen molar-refractivity contribution < 1.29 is 23.1 Å². The lowest BCUT2D eigenvalue weighted by molar-refractivity contribution is -0.137. The first-order chi connectivity index (χ1) is 17.5. The van der Waals surface area contributed by atoms with Gasteiger partial charge in [0.15, 0.2) is 0 Å². The molecule has 9 nitrogen and oxygen atoms in total. The normalized spacial score (nSPS) is 18.1. The number of ether oxygens (including phenoxy) is 1. The first kappa shape index (κ1) is 26.8. The number of hydrogen-bond donors (Lipinski definition) is 1. The van der Waals surface area contributed by atoms with Crippen LogP contribution in [0.1, 0.15) is 68.0 Å². The highest BCUT2D eigenvalue weighted by molar-refractivity contribution is 7.89. The van der Waals surface area contributed by atoms with Crippen molar-refractivity contribution in [2.75, 3.05) is 6.54 Å². The Morgan fingerprint density at radius 2 is 1.97 bits per heavy atom. The number of fused-ring (bicyclic) bond motifs is 1. The van der Waals surface area contributed by atoms with Crippen molar-refractivity contribution in [1.29, 1.82) is 0 Å². The standard InChI is InChI=1S/C27H34N4O5S/c1-18(2)31-17-24(28-29-31)12-11-22(14-27(32)33)21-10-9-19(3)23(13-21)16-30-15-20(4)36-25-7-5-6-8-26(25)37(30,34)35/h5-10,13,17-18,20,22H,11-12,14-16H2,1-4H3,(H,32,33)/t20-,22?/m1/s1. The van der Waals surface area contributed by atoms with E-state index in [-0.39, 0.29) is 42.5 Å². The summed E-state index contributed by atoms with van der Waals surface area (Å²) in [5.74, 6) is -0.765. The number of carboxylic acids is 1. The molecule has 198 valence electrons. The van der Waals surface area contributed by atoms with Crippen LogP contribution < -0.4 is 4.74 Å². The Labute approximate surface area is 218 Å². The van der Waals surface area contributed by atoms with Gasteiger partial charge in [0, 0.05) is 18.8 Å². The first-order valence-electron chi connectivity index (χ1n) is 12.5. The molecule has 1 N–H and O–H groups in total. The molecule has 10 heteroatoms. The van der Waals surface area contributed by atoms with E-state index in [4.69, 9.17) is 4.74 Å². The average molecular weight is 527 g/mol. The van der Waals surface area contributed by atoms with Crippen LogP contribution >= 0.6 is 0 Å². The van der Waals surface area contributed by atoms with Crippen LogP contribution in [0.3, 0.4) is 0 Å². The molecule has 0 aliphatic carbocycles. The molecule has 2 aromatic carbocycles. The maximum absolute atomic E-state index is 13.5. The predicted molar refractivity (Wildman–Crippen MR) is 139 cm³/mol. The fraction of sp³-hybridized carbons (Fsp3) is 0.444. The van der Waals surface area contributed by atoms with Crippen molar-refractivity contribution in [3.8, 4) is 5.75 Å². The van der Waals surface area contributed by atoms with Crippen LogP contribution in [0.15, 0.2) is 53.6 Å². The van der Waals surface area contributed by atoms with Crippen molar-refractivity contribution >= 4 is 16.0 Å². The summed E-state index contributed by atoms with van der Waals surface area (Å²) in [6.45, 7) is 8.22. The number of rotatable bonds is 9. The number of aliphatic carboxylic acids is 1. The Morgan fingerprint density at radius 3 is 2.68 bits per heavy atom. The number of hydrogen-bond acceptors (Lipinski definition) is 6. The number of sulfonamides is 1. The van der Waals surface area contributed by atoms with Crippen LogP contribution in [-0.4, -0.2) is 51.4 Å². The number of nitrogens with zero attached hydrogens (tertiary/aromatic N) is 4. The van der Waals surface area contributed by atoms with E-state index < -0.39 is 16.0 Å². The van der Waals surface area contributed by atoms with Gasteiger partial charge in [0.25, 0.3) is 0 Å². The Bertz CT molecular complexity index is 1370. The second kappa shape index (κ2) is 11.0. The molecule has 0 fully saturated rings. The van der Waals surface area contributed by atoms with Crippen LogP contribution in [0.2, 0.25) is 0 Å². The van der Waals surface area contributed by atoms with Crippen LogP contribution in [0, 0.1) is 6.92 Å². The lowest BCUT2D eigenvalue weighted by atomic mass is 9.88. The third-order valence-corrected chi connectivity index (χ3v) is 8.56. The van der Waals surface area contributed by atoms with E-state index in [0.717, 1.165) is 22.4 Å². The molecule has 1 aromatic heterocycles. The Morgan fingerprint density at radius 1 is 1.22 bits per heavy atom. The fourth-order valence-electron chi connectivity index (χ4n) is 4.59. The number of aromatic nitrogens is 3. The van der Waals surface area contributed by atoms with E-state index in [9.17, 15) is 18.3 Å². The zero-order chi connectivity index (χ0) is 26.7. The SMILES string of the molecule is Cc1ccc(C(CCc2cn(C(C)C)nn2)CC(=O)O)cc1CN1C[C@@H](C)Oc2ccccc2S1(=O)=O. The molecule has 0 amide bonds. The Hall–Kier alpha value is -3.24. The van der Waals surface area contributed by atoms with Gasteiger partial charge in [0.1, 0.15) is 16.7 Å². The van der Waals surface area contributed by atoms with Gasteiger partial charge in [0.05, 0.1) is 18.7 Å². The first-order valence-corrected chi connectivity index (χ1v) is 14.0. The molecule has 0 radical (unpaired) electrons. The molecule has 0 saturated heterocycles. The minimum absolute atomic E-state index is 0.0267. The van der Waals surface area contributed by atoms with Crippen molar-refractivity contribution in [3.05, 3.63) is 71.0 Å². The zero-order valence-corrected chi connectivity index (χ0v) is 22.5. The molecular formula is C27H34N4O5S. The maximum Gasteiger partial charge on any atom is 0.303 e. The van der Waals surface area contributed by atoms with E-state index in [2.05, 4.69) is 10.3 Å². The molecule has 1 aliphatic heterocycles. The minimum Gasteiger partial charge on any atom is -0.488 e. The van der Waals surface area contributed by atoms with Gasteiger partial charge >= 0.3 is 5.97 Å². The summed E-state index contributed by atoms with van der Waals surface area (Å²) in [5.41, 5.74) is 3.48. The fourth-order valence-corrected chi connectivity index (χ4v) is 6.21. The molecule has 37 heavy (non-hydrogen) atoms. The second-order valence-electron chi connectivity index (χ2n) is 9.98. The van der Waals surface area contributed by atoms with Crippen LogP contribution in [0.25, 0.3) is 0 Å². The van der Waals surface area contributed by atoms with Gasteiger partial charge in [-0.25, -0.2) is 13.1 Å². The second-order valence-corrected chi connectivity index (χ2v) is 11.9. The van der Waals surface area contributed by atoms with Crippen molar-refractivity contribution in [2.45, 2.75) is 76.5 Å². The molecule has 0 spiro atoms. The molecule has 2 atom stereocenters. The third kappa shape index (κ3) is 6.19. The topological polar surface area (TPSA) is 115 Å². The lowest BCUT2D eigenvalue weighted by Crippen LogP contribution is -2.35. The summed E-state index contributed by atoms with van der Waals surface area (Å²) in [7, 11) is -3.77. The van der Waals surface area contributed by atoms with Crippen molar-refractivity contribution in [1.82, 2.24) is 19.3 Å². The summed E-state index contributed by atoms with van der Waals surface area (Å²) in [5, 5.41) is 18.0. The highest BCUT2D eigenvalue weighted by Crippen LogP contribution is 2.33. The summed E-state index contributed by atoms with van der Waals surface area (Å²) >= 11 is 0. The largest absolute Gasteiger partial charge is 0.488 e. The molecule has 1 unspecified atom stereocenters. The zero-order valence-electron chi connectivity index (χ0n) is 21.7. The maximum atomic E-state index is 13.5.